The molecule has 1 aromatic rings. The van der Waals surface area contributed by atoms with E-state index in [2.05, 4.69) is 0 Å². The van der Waals surface area contributed by atoms with E-state index in [0.717, 1.165) is 0 Å². The van der Waals surface area contributed by atoms with Crippen LogP contribution in [0.4, 0.5) is 14.5 Å². The Hall–Kier alpha value is -1.76. The van der Waals surface area contributed by atoms with Gasteiger partial charge in [0.05, 0.1) is 4.92 Å². The molecule has 0 atom stereocenters. The molecule has 3 N–H and O–H groups in total. The van der Waals surface area contributed by atoms with Crippen molar-refractivity contribution in [2.45, 2.75) is 37.0 Å². The summed E-state index contributed by atoms with van der Waals surface area (Å²) in [6, 6.07) is 3.99. The Bertz CT molecular complexity index is 524. The summed E-state index contributed by atoms with van der Waals surface area (Å²) in [4.78, 5) is 10.2. The van der Waals surface area contributed by atoms with Crippen LogP contribution in [0.5, 0.6) is 5.75 Å². The van der Waals surface area contributed by atoms with E-state index in [0.29, 0.717) is 5.56 Å². The highest BCUT2D eigenvalue weighted by molar-refractivity contribution is 5.49. The number of nitro benzene ring substituents is 1. The molecule has 0 amide bonds. The van der Waals surface area contributed by atoms with Crippen molar-refractivity contribution in [2.24, 2.45) is 5.73 Å². The molecule has 1 aliphatic carbocycles. The monoisotopic (exact) mass is 286 g/mol. The van der Waals surface area contributed by atoms with Gasteiger partial charge in [-0.1, -0.05) is 6.07 Å². The van der Waals surface area contributed by atoms with Crippen molar-refractivity contribution in [3.05, 3.63) is 33.9 Å². The van der Waals surface area contributed by atoms with Gasteiger partial charge in [-0.25, -0.2) is 8.78 Å². The molecular formula is C13H16F2N2O3. The van der Waals surface area contributed by atoms with Crippen molar-refractivity contribution in [2.75, 3.05) is 6.54 Å². The van der Waals surface area contributed by atoms with E-state index in [1.807, 2.05) is 0 Å². The van der Waals surface area contributed by atoms with E-state index in [4.69, 9.17) is 5.73 Å². The van der Waals surface area contributed by atoms with Crippen LogP contribution in [0, 0.1) is 10.1 Å². The van der Waals surface area contributed by atoms with E-state index in [1.54, 1.807) is 0 Å². The Kier molecular flexibility index (Phi) is 3.64. The van der Waals surface area contributed by atoms with E-state index in [-0.39, 0.29) is 32.2 Å². The lowest BCUT2D eigenvalue weighted by molar-refractivity contribution is -0.386. The highest BCUT2D eigenvalue weighted by Gasteiger charge is 2.44. The number of nitrogens with zero attached hydrogens (tertiary/aromatic N) is 1. The third kappa shape index (κ3) is 2.58. The van der Waals surface area contributed by atoms with Gasteiger partial charge in [0.25, 0.3) is 0 Å². The van der Waals surface area contributed by atoms with E-state index >= 15 is 0 Å². The number of phenolic OH excluding ortho intramolecular Hbond substituents is 1. The normalized spacial score (nSPS) is 20.6. The van der Waals surface area contributed by atoms with E-state index in [1.165, 1.54) is 18.2 Å². The zero-order valence-electron chi connectivity index (χ0n) is 10.8. The zero-order valence-corrected chi connectivity index (χ0v) is 10.8. The topological polar surface area (TPSA) is 89.4 Å². The molecule has 0 aromatic heterocycles. The fourth-order valence-electron chi connectivity index (χ4n) is 2.70. The van der Waals surface area contributed by atoms with Crippen LogP contribution in [0.3, 0.4) is 0 Å². The summed E-state index contributed by atoms with van der Waals surface area (Å²) in [6.07, 6.45) is -0.200. The molecule has 0 radical (unpaired) electrons. The second kappa shape index (κ2) is 4.97. The van der Waals surface area contributed by atoms with E-state index < -0.39 is 27.7 Å². The van der Waals surface area contributed by atoms with Gasteiger partial charge in [0.2, 0.25) is 5.92 Å². The maximum Gasteiger partial charge on any atom is 0.310 e. The third-order valence-corrected chi connectivity index (χ3v) is 4.11. The Labute approximate surface area is 114 Å². The standard InChI is InChI=1S/C13H16F2N2O3/c14-13(15)5-3-12(8-16,4-6-13)9-1-2-11(18)10(7-9)17(19)20/h1-2,7,18H,3-6,8,16H2. The molecule has 0 bridgehead atoms. The van der Waals surface area contributed by atoms with Crippen LogP contribution in [-0.2, 0) is 5.41 Å². The molecule has 110 valence electrons. The van der Waals surface area contributed by atoms with Crippen LogP contribution in [0.2, 0.25) is 0 Å². The van der Waals surface area contributed by atoms with Crippen molar-refractivity contribution >= 4 is 5.69 Å². The number of hydrogen-bond donors (Lipinski definition) is 2. The van der Waals surface area contributed by atoms with Crippen LogP contribution in [0.15, 0.2) is 18.2 Å². The predicted molar refractivity (Wildman–Crippen MR) is 68.9 cm³/mol. The summed E-state index contributed by atoms with van der Waals surface area (Å²) < 4.78 is 26.6. The number of benzene rings is 1. The van der Waals surface area contributed by atoms with Crippen LogP contribution >= 0.6 is 0 Å². The molecule has 1 saturated carbocycles. The third-order valence-electron chi connectivity index (χ3n) is 4.11. The van der Waals surface area contributed by atoms with Crippen molar-refractivity contribution in [3.8, 4) is 5.75 Å². The number of nitrogens with two attached hydrogens (primary N) is 1. The molecule has 1 fully saturated rings. The maximum absolute atomic E-state index is 13.3. The molecule has 2 rings (SSSR count). The number of aromatic hydroxyl groups is 1. The summed E-state index contributed by atoms with van der Waals surface area (Å²) in [5.41, 5.74) is 5.18. The number of rotatable bonds is 3. The summed E-state index contributed by atoms with van der Waals surface area (Å²) in [5.74, 6) is -3.13. The first-order valence-electron chi connectivity index (χ1n) is 6.35. The van der Waals surface area contributed by atoms with Gasteiger partial charge in [-0.3, -0.25) is 10.1 Å². The molecular weight excluding hydrogens is 270 g/mol. The van der Waals surface area contributed by atoms with Crippen LogP contribution in [0.25, 0.3) is 0 Å². The number of phenols is 1. The molecule has 0 spiro atoms. The molecule has 20 heavy (non-hydrogen) atoms. The molecule has 5 nitrogen and oxygen atoms in total. The number of alkyl halides is 2. The minimum atomic E-state index is -2.69. The molecule has 1 aromatic carbocycles. The first kappa shape index (κ1) is 14.6. The fraction of sp³-hybridized carbons (Fsp3) is 0.538. The average Bonchev–Trinajstić information content (AvgIpc) is 2.40. The molecule has 0 aliphatic heterocycles. The van der Waals surface area contributed by atoms with Gasteiger partial charge >= 0.3 is 5.69 Å². The minimum Gasteiger partial charge on any atom is -0.502 e. The largest absolute Gasteiger partial charge is 0.502 e. The SMILES string of the molecule is NCC1(c2ccc(O)c([N+](=O)[O-])c2)CCC(F)(F)CC1. The Morgan fingerprint density at radius 3 is 2.40 bits per heavy atom. The molecule has 0 saturated heterocycles. The molecule has 0 unspecified atom stereocenters. The minimum absolute atomic E-state index is 0.144. The van der Waals surface area contributed by atoms with Gasteiger partial charge < -0.3 is 10.8 Å². The summed E-state index contributed by atoms with van der Waals surface area (Å²) in [6.45, 7) is 0.144. The first-order chi connectivity index (χ1) is 9.30. The maximum atomic E-state index is 13.3. The van der Waals surface area contributed by atoms with Crippen LogP contribution in [0.1, 0.15) is 31.2 Å². The lowest BCUT2D eigenvalue weighted by Crippen LogP contribution is -2.42. The van der Waals surface area contributed by atoms with Gasteiger partial charge in [-0.05, 0) is 24.5 Å². The molecule has 7 heteroatoms. The van der Waals surface area contributed by atoms with Crippen molar-refractivity contribution in [3.63, 3.8) is 0 Å². The summed E-state index contributed by atoms with van der Waals surface area (Å²) >= 11 is 0. The second-order valence-corrected chi connectivity index (χ2v) is 5.30. The smallest absolute Gasteiger partial charge is 0.310 e. The van der Waals surface area contributed by atoms with Crippen molar-refractivity contribution in [1.29, 1.82) is 0 Å². The van der Waals surface area contributed by atoms with Gasteiger partial charge in [0, 0.05) is 30.9 Å². The van der Waals surface area contributed by atoms with Crippen molar-refractivity contribution < 1.29 is 18.8 Å². The number of hydrogen-bond acceptors (Lipinski definition) is 4. The lowest BCUT2D eigenvalue weighted by atomic mass is 9.68. The van der Waals surface area contributed by atoms with Crippen LogP contribution < -0.4 is 5.73 Å². The Morgan fingerprint density at radius 2 is 1.90 bits per heavy atom. The Balaban J connectivity index is 2.38. The van der Waals surface area contributed by atoms with Crippen molar-refractivity contribution in [1.82, 2.24) is 0 Å². The first-order valence-corrected chi connectivity index (χ1v) is 6.35. The van der Waals surface area contributed by atoms with Gasteiger partial charge in [0.1, 0.15) is 0 Å². The highest BCUT2D eigenvalue weighted by atomic mass is 19.3. The fourth-order valence-corrected chi connectivity index (χ4v) is 2.70. The highest BCUT2D eigenvalue weighted by Crippen LogP contribution is 2.46. The molecule has 0 heterocycles. The van der Waals surface area contributed by atoms with Crippen LogP contribution in [-0.4, -0.2) is 22.5 Å². The van der Waals surface area contributed by atoms with E-state index in [9.17, 15) is 24.0 Å². The number of halogens is 2. The quantitative estimate of drug-likeness (QED) is 0.660. The zero-order chi connectivity index (χ0) is 15.0. The predicted octanol–water partition coefficient (Wildman–Crippen LogP) is 2.71. The van der Waals surface area contributed by atoms with Gasteiger partial charge in [-0.15, -0.1) is 0 Å². The van der Waals surface area contributed by atoms with Gasteiger partial charge in [0.15, 0.2) is 5.75 Å². The molecule has 1 aliphatic rings. The summed E-state index contributed by atoms with van der Waals surface area (Å²) in [7, 11) is 0. The van der Waals surface area contributed by atoms with Gasteiger partial charge in [-0.2, -0.15) is 0 Å². The summed E-state index contributed by atoms with van der Waals surface area (Å²) in [5, 5.41) is 20.3. The number of nitro groups is 1. The second-order valence-electron chi connectivity index (χ2n) is 5.30. The lowest BCUT2D eigenvalue weighted by Gasteiger charge is -2.39. The Morgan fingerprint density at radius 1 is 1.30 bits per heavy atom. The average molecular weight is 286 g/mol.